The van der Waals surface area contributed by atoms with Gasteiger partial charge in [0.15, 0.2) is 0 Å². The number of fused-ring (bicyclic) bond motifs is 1. The SMILES string of the molecule is N#Cc1cnc2[nH]ccc2c1N1CCN(C(=O)[C@H](N)Cc2ccc(Cl)cc2)CC1. The van der Waals surface area contributed by atoms with Crippen LogP contribution >= 0.6 is 11.6 Å². The van der Waals surface area contributed by atoms with Crippen LogP contribution in [0.5, 0.6) is 0 Å². The van der Waals surface area contributed by atoms with E-state index in [0.717, 1.165) is 22.3 Å². The van der Waals surface area contributed by atoms with Gasteiger partial charge in [-0.2, -0.15) is 5.26 Å². The van der Waals surface area contributed by atoms with Gasteiger partial charge in [0.25, 0.3) is 0 Å². The van der Waals surface area contributed by atoms with Crippen LogP contribution in [-0.4, -0.2) is 53.0 Å². The van der Waals surface area contributed by atoms with Crippen LogP contribution in [-0.2, 0) is 11.2 Å². The highest BCUT2D eigenvalue weighted by Gasteiger charge is 2.27. The number of anilines is 1. The average molecular weight is 409 g/mol. The summed E-state index contributed by atoms with van der Waals surface area (Å²) in [7, 11) is 0. The van der Waals surface area contributed by atoms with E-state index in [0.29, 0.717) is 43.2 Å². The van der Waals surface area contributed by atoms with Gasteiger partial charge in [-0.1, -0.05) is 23.7 Å². The minimum Gasteiger partial charge on any atom is -0.366 e. The second kappa shape index (κ2) is 8.11. The van der Waals surface area contributed by atoms with Crippen LogP contribution in [0.15, 0.2) is 42.7 Å². The molecule has 1 atom stereocenters. The molecule has 1 aromatic carbocycles. The summed E-state index contributed by atoms with van der Waals surface area (Å²) < 4.78 is 0. The van der Waals surface area contributed by atoms with Gasteiger partial charge in [-0.05, 0) is 30.2 Å². The van der Waals surface area contributed by atoms with Crippen molar-refractivity contribution in [1.29, 1.82) is 5.26 Å². The summed E-state index contributed by atoms with van der Waals surface area (Å²) >= 11 is 5.91. The number of aromatic nitrogens is 2. The maximum Gasteiger partial charge on any atom is 0.239 e. The molecule has 1 saturated heterocycles. The molecule has 0 bridgehead atoms. The Hall–Kier alpha value is -3.08. The van der Waals surface area contributed by atoms with Gasteiger partial charge in [-0.3, -0.25) is 4.79 Å². The second-order valence-corrected chi connectivity index (χ2v) is 7.56. The molecule has 1 aliphatic rings. The van der Waals surface area contributed by atoms with E-state index in [2.05, 4.69) is 20.9 Å². The van der Waals surface area contributed by atoms with E-state index in [-0.39, 0.29) is 5.91 Å². The van der Waals surface area contributed by atoms with E-state index in [4.69, 9.17) is 17.3 Å². The minimum atomic E-state index is -0.588. The Morgan fingerprint density at radius 3 is 2.66 bits per heavy atom. The third-order valence-corrected chi connectivity index (χ3v) is 5.52. The topological polar surface area (TPSA) is 102 Å². The number of nitriles is 1. The Morgan fingerprint density at radius 1 is 1.24 bits per heavy atom. The number of aromatic amines is 1. The zero-order valence-corrected chi connectivity index (χ0v) is 16.6. The fourth-order valence-electron chi connectivity index (χ4n) is 3.76. The number of nitrogens with zero attached hydrogens (tertiary/aromatic N) is 4. The van der Waals surface area contributed by atoms with Crippen LogP contribution in [0.25, 0.3) is 11.0 Å². The number of pyridine rings is 1. The van der Waals surface area contributed by atoms with Gasteiger partial charge in [0, 0.05) is 49.0 Å². The normalized spacial score (nSPS) is 15.3. The van der Waals surface area contributed by atoms with Gasteiger partial charge < -0.3 is 20.5 Å². The van der Waals surface area contributed by atoms with Gasteiger partial charge in [0.05, 0.1) is 17.3 Å². The highest BCUT2D eigenvalue weighted by atomic mass is 35.5. The van der Waals surface area contributed by atoms with Crippen molar-refractivity contribution in [2.75, 3.05) is 31.1 Å². The predicted molar refractivity (Wildman–Crippen MR) is 113 cm³/mol. The molecule has 1 amide bonds. The zero-order valence-electron chi connectivity index (χ0n) is 15.8. The van der Waals surface area contributed by atoms with Crippen molar-refractivity contribution in [3.63, 3.8) is 0 Å². The molecule has 8 heteroatoms. The Kier molecular flexibility index (Phi) is 5.38. The van der Waals surface area contributed by atoms with Gasteiger partial charge >= 0.3 is 0 Å². The summed E-state index contributed by atoms with van der Waals surface area (Å²) in [5, 5.41) is 11.1. The van der Waals surface area contributed by atoms with E-state index in [1.54, 1.807) is 23.2 Å². The summed E-state index contributed by atoms with van der Waals surface area (Å²) in [6, 6.07) is 11.0. The van der Waals surface area contributed by atoms with Crippen LogP contribution in [0.4, 0.5) is 5.69 Å². The standard InChI is InChI=1S/C21H21ClN6O/c22-16-3-1-14(2-4-16)11-18(24)21(29)28-9-7-27(8-10-28)19-15(12-23)13-26-20-17(19)5-6-25-20/h1-6,13,18H,7-11,24H2,(H,25,26)/t18-/m1/s1. The minimum absolute atomic E-state index is 0.0540. The van der Waals surface area contributed by atoms with Crippen molar-refractivity contribution in [1.82, 2.24) is 14.9 Å². The third-order valence-electron chi connectivity index (χ3n) is 5.27. The number of rotatable bonds is 4. The molecule has 4 rings (SSSR count). The number of halogens is 1. The number of hydrogen-bond donors (Lipinski definition) is 2. The first kappa shape index (κ1) is 19.2. The highest BCUT2D eigenvalue weighted by molar-refractivity contribution is 6.30. The van der Waals surface area contributed by atoms with Gasteiger partial charge in [0.2, 0.25) is 5.91 Å². The van der Waals surface area contributed by atoms with E-state index < -0.39 is 6.04 Å². The molecule has 1 aliphatic heterocycles. The summed E-state index contributed by atoms with van der Waals surface area (Å²) in [5.41, 5.74) is 9.32. The number of carbonyl (C=O) groups excluding carboxylic acids is 1. The largest absolute Gasteiger partial charge is 0.366 e. The molecule has 3 heterocycles. The lowest BCUT2D eigenvalue weighted by atomic mass is 10.0. The number of piperazine rings is 1. The number of nitrogens with one attached hydrogen (secondary N) is 1. The van der Waals surface area contributed by atoms with Crippen molar-refractivity contribution in [2.45, 2.75) is 12.5 Å². The summed E-state index contributed by atoms with van der Waals surface area (Å²) in [6.45, 7) is 2.40. The van der Waals surface area contributed by atoms with E-state index >= 15 is 0 Å². The number of H-pyrrole nitrogens is 1. The molecule has 29 heavy (non-hydrogen) atoms. The maximum absolute atomic E-state index is 12.8. The number of nitrogens with two attached hydrogens (primary N) is 1. The monoisotopic (exact) mass is 408 g/mol. The predicted octanol–water partition coefficient (Wildman–Crippen LogP) is 2.31. The summed E-state index contributed by atoms with van der Waals surface area (Å²) in [4.78, 5) is 24.1. The first-order chi connectivity index (χ1) is 14.1. The fourth-order valence-corrected chi connectivity index (χ4v) is 3.89. The first-order valence-corrected chi connectivity index (χ1v) is 9.84. The number of hydrogen-bond acceptors (Lipinski definition) is 5. The van der Waals surface area contributed by atoms with E-state index in [1.165, 1.54) is 0 Å². The van der Waals surface area contributed by atoms with Crippen LogP contribution in [0.2, 0.25) is 5.02 Å². The van der Waals surface area contributed by atoms with Crippen LogP contribution in [0, 0.1) is 11.3 Å². The lowest BCUT2D eigenvalue weighted by Crippen LogP contribution is -2.53. The van der Waals surface area contributed by atoms with Crippen molar-refractivity contribution < 1.29 is 4.79 Å². The molecular formula is C21H21ClN6O. The molecule has 2 aromatic heterocycles. The first-order valence-electron chi connectivity index (χ1n) is 9.47. The van der Waals surface area contributed by atoms with Crippen molar-refractivity contribution in [3.05, 3.63) is 58.9 Å². The van der Waals surface area contributed by atoms with Crippen LogP contribution < -0.4 is 10.6 Å². The van der Waals surface area contributed by atoms with Crippen LogP contribution in [0.3, 0.4) is 0 Å². The third kappa shape index (κ3) is 3.90. The Balaban J connectivity index is 1.43. The quantitative estimate of drug-likeness (QED) is 0.689. The Morgan fingerprint density at radius 2 is 1.97 bits per heavy atom. The molecule has 3 N–H and O–H groups in total. The summed E-state index contributed by atoms with van der Waals surface area (Å²) in [5.74, 6) is -0.0540. The highest BCUT2D eigenvalue weighted by Crippen LogP contribution is 2.29. The molecular weight excluding hydrogens is 388 g/mol. The number of benzene rings is 1. The number of carbonyl (C=O) groups is 1. The molecule has 0 aliphatic carbocycles. The van der Waals surface area contributed by atoms with E-state index in [1.807, 2.05) is 24.4 Å². The Bertz CT molecular complexity index is 1060. The molecule has 3 aromatic rings. The van der Waals surface area contributed by atoms with Crippen molar-refractivity contribution >= 4 is 34.2 Å². The molecule has 0 radical (unpaired) electrons. The molecule has 0 unspecified atom stereocenters. The van der Waals surface area contributed by atoms with E-state index in [9.17, 15) is 10.1 Å². The fraction of sp³-hybridized carbons (Fsp3) is 0.286. The number of amides is 1. The molecule has 0 saturated carbocycles. The Labute approximate surface area is 173 Å². The second-order valence-electron chi connectivity index (χ2n) is 7.12. The lowest BCUT2D eigenvalue weighted by Gasteiger charge is -2.37. The smallest absolute Gasteiger partial charge is 0.239 e. The van der Waals surface area contributed by atoms with Gasteiger partial charge in [-0.25, -0.2) is 4.98 Å². The lowest BCUT2D eigenvalue weighted by molar-refractivity contribution is -0.132. The molecule has 1 fully saturated rings. The summed E-state index contributed by atoms with van der Waals surface area (Å²) in [6.07, 6.45) is 3.88. The van der Waals surface area contributed by atoms with Crippen LogP contribution in [0.1, 0.15) is 11.1 Å². The molecule has 7 nitrogen and oxygen atoms in total. The van der Waals surface area contributed by atoms with Gasteiger partial charge in [-0.15, -0.1) is 0 Å². The molecule has 0 spiro atoms. The van der Waals surface area contributed by atoms with Gasteiger partial charge in [0.1, 0.15) is 11.7 Å². The maximum atomic E-state index is 12.8. The zero-order chi connectivity index (χ0) is 20.4. The molecule has 148 valence electrons. The van der Waals surface area contributed by atoms with Crippen molar-refractivity contribution in [2.24, 2.45) is 5.73 Å². The average Bonchev–Trinajstić information content (AvgIpc) is 3.23. The van der Waals surface area contributed by atoms with Crippen molar-refractivity contribution in [3.8, 4) is 6.07 Å².